The maximum absolute atomic E-state index is 4.74. The summed E-state index contributed by atoms with van der Waals surface area (Å²) >= 11 is 1.75. The van der Waals surface area contributed by atoms with E-state index in [-0.39, 0.29) is 0 Å². The Labute approximate surface area is 140 Å². The van der Waals surface area contributed by atoms with Crippen molar-refractivity contribution in [1.82, 2.24) is 9.97 Å². The molecule has 23 heavy (non-hydrogen) atoms. The molecule has 0 N–H and O–H groups in total. The van der Waals surface area contributed by atoms with Gasteiger partial charge in [-0.25, -0.2) is 9.97 Å². The summed E-state index contributed by atoms with van der Waals surface area (Å²) in [6.07, 6.45) is 0. The van der Waals surface area contributed by atoms with Crippen LogP contribution in [0.3, 0.4) is 0 Å². The molecule has 0 bridgehead atoms. The first-order chi connectivity index (χ1) is 11.2. The van der Waals surface area contributed by atoms with E-state index in [4.69, 9.17) is 4.98 Å². The molecule has 1 aliphatic rings. The molecule has 3 aromatic rings. The minimum Gasteiger partial charge on any atom is -0.368 e. The number of anilines is 2. The average molecular weight is 324 g/mol. The van der Waals surface area contributed by atoms with E-state index < -0.39 is 0 Å². The fourth-order valence-electron chi connectivity index (χ4n) is 3.19. The predicted octanol–water partition coefficient (Wildman–Crippen LogP) is 3.63. The van der Waals surface area contributed by atoms with E-state index in [1.807, 2.05) is 6.92 Å². The second-order valence-corrected chi connectivity index (χ2v) is 7.21. The summed E-state index contributed by atoms with van der Waals surface area (Å²) in [5, 5.41) is 1.20. The van der Waals surface area contributed by atoms with Crippen molar-refractivity contribution in [3.63, 3.8) is 0 Å². The van der Waals surface area contributed by atoms with Gasteiger partial charge in [-0.15, -0.1) is 11.3 Å². The Morgan fingerprint density at radius 1 is 0.913 bits per heavy atom. The Hall–Kier alpha value is -2.14. The van der Waals surface area contributed by atoms with Crippen LogP contribution >= 0.6 is 11.3 Å². The Bertz CT molecular complexity index is 820. The second-order valence-electron chi connectivity index (χ2n) is 5.98. The smallest absolute Gasteiger partial charge is 0.141 e. The third-order valence-electron chi connectivity index (χ3n) is 4.31. The molecule has 1 saturated heterocycles. The quantitative estimate of drug-likeness (QED) is 0.720. The van der Waals surface area contributed by atoms with Gasteiger partial charge in [-0.3, -0.25) is 0 Å². The van der Waals surface area contributed by atoms with Crippen LogP contribution in [0.5, 0.6) is 0 Å². The Balaban J connectivity index is 1.59. The normalized spacial score (nSPS) is 15.4. The number of para-hydroxylation sites is 1. The lowest BCUT2D eigenvalue weighted by Crippen LogP contribution is -2.47. The van der Waals surface area contributed by atoms with Gasteiger partial charge in [-0.1, -0.05) is 18.2 Å². The van der Waals surface area contributed by atoms with Gasteiger partial charge in [-0.2, -0.15) is 0 Å². The van der Waals surface area contributed by atoms with Crippen molar-refractivity contribution in [2.24, 2.45) is 0 Å². The van der Waals surface area contributed by atoms with Crippen molar-refractivity contribution >= 4 is 33.1 Å². The molecule has 1 aromatic carbocycles. The molecule has 1 fully saturated rings. The summed E-state index contributed by atoms with van der Waals surface area (Å²) in [4.78, 5) is 16.6. The minimum absolute atomic E-state index is 0.861. The molecule has 0 aliphatic carbocycles. The Morgan fingerprint density at radius 2 is 1.61 bits per heavy atom. The fraction of sp³-hybridized carbons (Fsp3) is 0.333. The monoisotopic (exact) mass is 324 g/mol. The van der Waals surface area contributed by atoms with Crippen molar-refractivity contribution in [3.8, 4) is 0 Å². The zero-order chi connectivity index (χ0) is 15.8. The number of piperazine rings is 1. The number of nitrogens with zero attached hydrogens (tertiary/aromatic N) is 4. The minimum atomic E-state index is 0.861. The summed E-state index contributed by atoms with van der Waals surface area (Å²) < 4.78 is 0. The van der Waals surface area contributed by atoms with Gasteiger partial charge in [0.05, 0.1) is 5.39 Å². The van der Waals surface area contributed by atoms with Crippen LogP contribution in [-0.2, 0) is 0 Å². The van der Waals surface area contributed by atoms with Gasteiger partial charge in [0.1, 0.15) is 16.5 Å². The predicted molar refractivity (Wildman–Crippen MR) is 97.8 cm³/mol. The number of fused-ring (bicyclic) bond motifs is 1. The van der Waals surface area contributed by atoms with Crippen molar-refractivity contribution in [1.29, 1.82) is 0 Å². The summed E-state index contributed by atoms with van der Waals surface area (Å²) in [5.74, 6) is 1.96. The highest BCUT2D eigenvalue weighted by Gasteiger charge is 2.21. The SMILES string of the molecule is Cc1nc(N2CCN(c3ccccc3)CC2)c2cc(C)sc2n1. The maximum Gasteiger partial charge on any atom is 0.141 e. The molecule has 3 heterocycles. The molecule has 0 saturated carbocycles. The summed E-state index contributed by atoms with van der Waals surface area (Å²) in [7, 11) is 0. The molecular formula is C18H20N4S. The van der Waals surface area contributed by atoms with Crippen LogP contribution in [0, 0.1) is 13.8 Å². The van der Waals surface area contributed by atoms with Crippen molar-refractivity contribution in [2.45, 2.75) is 13.8 Å². The molecule has 0 unspecified atom stereocenters. The average Bonchev–Trinajstić information content (AvgIpc) is 2.95. The Kier molecular flexibility index (Phi) is 3.65. The lowest BCUT2D eigenvalue weighted by atomic mass is 10.2. The standard InChI is InChI=1S/C18H20N4S/c1-13-12-16-17(19-14(2)20-18(16)23-13)22-10-8-21(9-11-22)15-6-4-3-5-7-15/h3-7,12H,8-11H2,1-2H3. The number of hydrogen-bond donors (Lipinski definition) is 0. The van der Waals surface area contributed by atoms with Crippen molar-refractivity contribution in [3.05, 3.63) is 47.1 Å². The van der Waals surface area contributed by atoms with Gasteiger partial charge >= 0.3 is 0 Å². The van der Waals surface area contributed by atoms with Crippen LogP contribution in [0.2, 0.25) is 0 Å². The summed E-state index contributed by atoms with van der Waals surface area (Å²) in [5.41, 5.74) is 1.31. The van der Waals surface area contributed by atoms with Crippen molar-refractivity contribution < 1.29 is 0 Å². The first kappa shape index (κ1) is 14.5. The van der Waals surface area contributed by atoms with Crippen LogP contribution in [-0.4, -0.2) is 36.1 Å². The zero-order valence-electron chi connectivity index (χ0n) is 13.5. The van der Waals surface area contributed by atoms with E-state index in [1.165, 1.54) is 16.0 Å². The Morgan fingerprint density at radius 3 is 2.35 bits per heavy atom. The van der Waals surface area contributed by atoms with Gasteiger partial charge in [0.2, 0.25) is 0 Å². The molecule has 0 spiro atoms. The van der Waals surface area contributed by atoms with E-state index >= 15 is 0 Å². The summed E-state index contributed by atoms with van der Waals surface area (Å²) in [6, 6.07) is 12.9. The van der Waals surface area contributed by atoms with Crippen LogP contribution in [0.15, 0.2) is 36.4 Å². The number of aryl methyl sites for hydroxylation is 2. The van der Waals surface area contributed by atoms with Crippen molar-refractivity contribution in [2.75, 3.05) is 36.0 Å². The second kappa shape index (κ2) is 5.81. The third kappa shape index (κ3) is 2.77. The van der Waals surface area contributed by atoms with Gasteiger partial charge in [0, 0.05) is 36.7 Å². The number of benzene rings is 1. The molecular weight excluding hydrogens is 304 g/mol. The molecule has 0 radical (unpaired) electrons. The number of hydrogen-bond acceptors (Lipinski definition) is 5. The molecule has 1 aliphatic heterocycles. The van der Waals surface area contributed by atoms with E-state index in [0.29, 0.717) is 0 Å². The van der Waals surface area contributed by atoms with Gasteiger partial charge in [-0.05, 0) is 32.0 Å². The molecule has 5 heteroatoms. The lowest BCUT2D eigenvalue weighted by molar-refractivity contribution is 0.648. The maximum atomic E-state index is 4.74. The van der Waals surface area contributed by atoms with E-state index in [1.54, 1.807) is 11.3 Å². The largest absolute Gasteiger partial charge is 0.368 e. The van der Waals surface area contributed by atoms with Gasteiger partial charge < -0.3 is 9.80 Å². The molecule has 0 amide bonds. The molecule has 4 nitrogen and oxygen atoms in total. The van der Waals surface area contributed by atoms with E-state index in [9.17, 15) is 0 Å². The molecule has 4 rings (SSSR count). The zero-order valence-corrected chi connectivity index (χ0v) is 14.3. The molecule has 2 aromatic heterocycles. The number of rotatable bonds is 2. The third-order valence-corrected chi connectivity index (χ3v) is 5.25. The highest BCUT2D eigenvalue weighted by molar-refractivity contribution is 7.18. The van der Waals surface area contributed by atoms with Gasteiger partial charge in [0.25, 0.3) is 0 Å². The van der Waals surface area contributed by atoms with Crippen LogP contribution < -0.4 is 9.80 Å². The topological polar surface area (TPSA) is 32.3 Å². The van der Waals surface area contributed by atoms with E-state index in [0.717, 1.165) is 42.7 Å². The van der Waals surface area contributed by atoms with Gasteiger partial charge in [0.15, 0.2) is 0 Å². The summed E-state index contributed by atoms with van der Waals surface area (Å²) in [6.45, 7) is 8.16. The molecule has 118 valence electrons. The number of aromatic nitrogens is 2. The first-order valence-corrected chi connectivity index (χ1v) is 8.82. The van der Waals surface area contributed by atoms with Crippen LogP contribution in [0.1, 0.15) is 10.7 Å². The highest BCUT2D eigenvalue weighted by Crippen LogP contribution is 2.31. The highest BCUT2D eigenvalue weighted by atomic mass is 32.1. The molecule has 0 atom stereocenters. The fourth-order valence-corrected chi connectivity index (χ4v) is 4.11. The van der Waals surface area contributed by atoms with E-state index in [2.05, 4.69) is 58.1 Å². The first-order valence-electron chi connectivity index (χ1n) is 8.00. The number of thiophene rings is 1. The van der Waals surface area contributed by atoms with Crippen LogP contribution in [0.4, 0.5) is 11.5 Å². The lowest BCUT2D eigenvalue weighted by Gasteiger charge is -2.37. The van der Waals surface area contributed by atoms with Crippen LogP contribution in [0.25, 0.3) is 10.2 Å².